The number of hydrogen-bond acceptors (Lipinski definition) is 6. The number of amides is 1. The molecule has 1 aliphatic heterocycles. The molecule has 0 aliphatic carbocycles. The van der Waals surface area contributed by atoms with Crippen LogP contribution < -0.4 is 10.2 Å². The van der Waals surface area contributed by atoms with Gasteiger partial charge >= 0.3 is 0 Å². The third-order valence-corrected chi connectivity index (χ3v) is 5.81. The number of carbonyl (C=O) groups is 1. The maximum atomic E-state index is 12.6. The minimum atomic E-state index is -0.323. The molecule has 0 saturated carbocycles. The fourth-order valence-electron chi connectivity index (χ4n) is 3.44. The molecule has 3 aromatic heterocycles. The summed E-state index contributed by atoms with van der Waals surface area (Å²) in [6.45, 7) is 2.02. The summed E-state index contributed by atoms with van der Waals surface area (Å²) in [5.41, 5.74) is 1.62. The number of anilines is 2. The molecule has 7 nitrogen and oxygen atoms in total. The first-order valence-electron chi connectivity index (χ1n) is 9.34. The van der Waals surface area contributed by atoms with Gasteiger partial charge in [0, 0.05) is 18.7 Å². The molecule has 1 aromatic carbocycles. The van der Waals surface area contributed by atoms with Crippen LogP contribution in [0.2, 0.25) is 0 Å². The molecule has 1 saturated heterocycles. The molecular formula is C20H19N5O2S. The van der Waals surface area contributed by atoms with E-state index in [1.165, 1.54) is 25.5 Å². The Morgan fingerprint density at radius 3 is 2.64 bits per heavy atom. The Hall–Kier alpha value is -3.13. The number of piperidine rings is 1. The lowest BCUT2D eigenvalue weighted by atomic mass is 10.1. The number of furan rings is 1. The molecule has 5 rings (SSSR count). The molecular weight excluding hydrogens is 374 g/mol. The number of nitrogens with zero attached hydrogens (tertiary/aromatic N) is 4. The third kappa shape index (κ3) is 3.05. The largest absolute Gasteiger partial charge is 0.459 e. The number of fused-ring (bicyclic) bond motifs is 1. The van der Waals surface area contributed by atoms with Gasteiger partial charge in [-0.05, 0) is 31.4 Å². The molecule has 28 heavy (non-hydrogen) atoms. The number of benzene rings is 1. The molecule has 142 valence electrons. The van der Waals surface area contributed by atoms with Crippen molar-refractivity contribution in [1.29, 1.82) is 0 Å². The number of rotatable bonds is 4. The van der Waals surface area contributed by atoms with E-state index in [0.717, 1.165) is 28.7 Å². The van der Waals surface area contributed by atoms with E-state index >= 15 is 0 Å². The van der Waals surface area contributed by atoms with E-state index in [-0.39, 0.29) is 11.7 Å². The number of hydrogen-bond donors (Lipinski definition) is 1. The van der Waals surface area contributed by atoms with Gasteiger partial charge < -0.3 is 14.6 Å². The maximum Gasteiger partial charge on any atom is 0.292 e. The van der Waals surface area contributed by atoms with Crippen molar-refractivity contribution in [3.05, 3.63) is 54.5 Å². The van der Waals surface area contributed by atoms with Crippen molar-refractivity contribution in [2.24, 2.45) is 0 Å². The van der Waals surface area contributed by atoms with E-state index in [0.29, 0.717) is 11.5 Å². The summed E-state index contributed by atoms with van der Waals surface area (Å²) >= 11 is 1.55. The number of aromatic nitrogens is 3. The van der Waals surface area contributed by atoms with Crippen molar-refractivity contribution < 1.29 is 9.21 Å². The van der Waals surface area contributed by atoms with E-state index in [1.54, 1.807) is 28.0 Å². The molecule has 0 atom stereocenters. The smallest absolute Gasteiger partial charge is 0.292 e. The van der Waals surface area contributed by atoms with Gasteiger partial charge in [0.1, 0.15) is 5.69 Å². The van der Waals surface area contributed by atoms with Crippen molar-refractivity contribution in [1.82, 2.24) is 14.6 Å². The van der Waals surface area contributed by atoms with Crippen LogP contribution in [0.4, 0.5) is 10.9 Å². The van der Waals surface area contributed by atoms with Crippen LogP contribution in [0.5, 0.6) is 0 Å². The lowest BCUT2D eigenvalue weighted by Gasteiger charge is -2.25. The molecule has 0 spiro atoms. The SMILES string of the molecule is O=C(Nc1c(-c2ccccc2)nc2sc(N3CCCCC3)nn12)c1ccco1. The van der Waals surface area contributed by atoms with E-state index in [1.807, 2.05) is 30.3 Å². The molecule has 1 amide bonds. The zero-order valence-electron chi connectivity index (χ0n) is 15.2. The number of nitrogens with one attached hydrogen (secondary N) is 1. The highest BCUT2D eigenvalue weighted by Gasteiger charge is 2.23. The van der Waals surface area contributed by atoms with Gasteiger partial charge in [-0.25, -0.2) is 4.98 Å². The Bertz CT molecular complexity index is 1090. The van der Waals surface area contributed by atoms with E-state index in [2.05, 4.69) is 10.2 Å². The second kappa shape index (κ2) is 7.12. The van der Waals surface area contributed by atoms with Gasteiger partial charge in [-0.2, -0.15) is 4.52 Å². The third-order valence-electron chi connectivity index (χ3n) is 4.84. The lowest BCUT2D eigenvalue weighted by molar-refractivity contribution is 0.0996. The first-order chi connectivity index (χ1) is 13.8. The summed E-state index contributed by atoms with van der Waals surface area (Å²) < 4.78 is 6.97. The predicted octanol–water partition coefficient (Wildman–Crippen LogP) is 4.29. The Balaban J connectivity index is 1.58. The van der Waals surface area contributed by atoms with Gasteiger partial charge in [-0.15, -0.1) is 5.10 Å². The van der Waals surface area contributed by atoms with E-state index in [4.69, 9.17) is 14.5 Å². The molecule has 0 radical (unpaired) electrons. The van der Waals surface area contributed by atoms with Crippen LogP contribution in [0.3, 0.4) is 0 Å². The molecule has 0 bridgehead atoms. The van der Waals surface area contributed by atoms with Crippen LogP contribution in [0, 0.1) is 0 Å². The zero-order chi connectivity index (χ0) is 18.9. The summed E-state index contributed by atoms with van der Waals surface area (Å²) in [4.78, 5) is 20.5. The van der Waals surface area contributed by atoms with Crippen molar-refractivity contribution in [2.75, 3.05) is 23.3 Å². The predicted molar refractivity (Wildman–Crippen MR) is 109 cm³/mol. The molecule has 4 heterocycles. The van der Waals surface area contributed by atoms with Crippen molar-refractivity contribution in [3.8, 4) is 11.3 Å². The highest BCUT2D eigenvalue weighted by molar-refractivity contribution is 7.20. The van der Waals surface area contributed by atoms with Crippen molar-refractivity contribution in [3.63, 3.8) is 0 Å². The quantitative estimate of drug-likeness (QED) is 0.560. The molecule has 8 heteroatoms. The maximum absolute atomic E-state index is 12.6. The Morgan fingerprint density at radius 2 is 1.89 bits per heavy atom. The molecule has 1 aliphatic rings. The first-order valence-corrected chi connectivity index (χ1v) is 10.2. The summed E-state index contributed by atoms with van der Waals surface area (Å²) in [7, 11) is 0. The van der Waals surface area contributed by atoms with Crippen molar-refractivity contribution in [2.45, 2.75) is 19.3 Å². The van der Waals surface area contributed by atoms with Crippen LogP contribution in [0.25, 0.3) is 16.2 Å². The fraction of sp³-hybridized carbons (Fsp3) is 0.250. The van der Waals surface area contributed by atoms with Gasteiger partial charge in [-0.1, -0.05) is 41.7 Å². The number of carbonyl (C=O) groups excluding carboxylic acids is 1. The zero-order valence-corrected chi connectivity index (χ0v) is 16.0. The van der Waals surface area contributed by atoms with Crippen LogP contribution in [0.15, 0.2) is 53.1 Å². The van der Waals surface area contributed by atoms with Gasteiger partial charge in [0.2, 0.25) is 10.1 Å². The van der Waals surface area contributed by atoms with E-state index < -0.39 is 0 Å². The van der Waals surface area contributed by atoms with Crippen LogP contribution in [-0.2, 0) is 0 Å². The van der Waals surface area contributed by atoms with Crippen LogP contribution in [0.1, 0.15) is 29.8 Å². The normalized spacial score (nSPS) is 14.5. The first kappa shape index (κ1) is 17.0. The molecule has 1 fully saturated rings. The average molecular weight is 393 g/mol. The molecule has 1 N–H and O–H groups in total. The number of imidazole rings is 1. The molecule has 0 unspecified atom stereocenters. The summed E-state index contributed by atoms with van der Waals surface area (Å²) in [5.74, 6) is 0.485. The minimum Gasteiger partial charge on any atom is -0.459 e. The Kier molecular flexibility index (Phi) is 4.32. The van der Waals surface area contributed by atoms with Gasteiger partial charge in [0.05, 0.1) is 6.26 Å². The van der Waals surface area contributed by atoms with Crippen LogP contribution in [-0.4, -0.2) is 33.6 Å². The second-order valence-corrected chi connectivity index (χ2v) is 7.67. The highest BCUT2D eigenvalue weighted by atomic mass is 32.1. The topological polar surface area (TPSA) is 75.7 Å². The summed E-state index contributed by atoms with van der Waals surface area (Å²) in [6, 6.07) is 13.1. The van der Waals surface area contributed by atoms with Gasteiger partial charge in [-0.3, -0.25) is 4.79 Å². The monoisotopic (exact) mass is 393 g/mol. The van der Waals surface area contributed by atoms with Crippen LogP contribution >= 0.6 is 11.3 Å². The highest BCUT2D eigenvalue weighted by Crippen LogP contribution is 2.34. The van der Waals surface area contributed by atoms with E-state index in [9.17, 15) is 4.79 Å². The lowest BCUT2D eigenvalue weighted by Crippen LogP contribution is -2.29. The average Bonchev–Trinajstić information content (AvgIpc) is 3.47. The Morgan fingerprint density at radius 1 is 1.07 bits per heavy atom. The summed E-state index contributed by atoms with van der Waals surface area (Å²) in [6.07, 6.45) is 5.11. The standard InChI is InChI=1S/C20H19N5O2S/c26-18(15-10-7-13-27-15)22-17-16(14-8-3-1-4-9-14)21-19-25(17)23-20(28-19)24-11-5-2-6-12-24/h1,3-4,7-10,13H,2,5-6,11-12H2,(H,22,26). The van der Waals surface area contributed by atoms with Crippen molar-refractivity contribution >= 4 is 33.2 Å². The fourth-order valence-corrected chi connectivity index (χ4v) is 4.39. The van der Waals surface area contributed by atoms with Gasteiger partial charge in [0.15, 0.2) is 11.6 Å². The minimum absolute atomic E-state index is 0.250. The Labute approximate surface area is 165 Å². The van der Waals surface area contributed by atoms with Gasteiger partial charge in [0.25, 0.3) is 5.91 Å². The summed E-state index contributed by atoms with van der Waals surface area (Å²) in [5, 5.41) is 8.65. The second-order valence-electron chi connectivity index (χ2n) is 6.73. The molecule has 4 aromatic rings.